The van der Waals surface area contributed by atoms with E-state index in [0.717, 1.165) is 0 Å². The Morgan fingerprint density at radius 3 is 2.17 bits per heavy atom. The summed E-state index contributed by atoms with van der Waals surface area (Å²) in [7, 11) is 0. The molecule has 0 fully saturated rings. The van der Waals surface area contributed by atoms with Crippen LogP contribution in [0, 0.1) is 0 Å². The van der Waals surface area contributed by atoms with E-state index in [-0.39, 0.29) is 3.74 Å². The van der Waals surface area contributed by atoms with Gasteiger partial charge in [0.15, 0.2) is 0 Å². The third kappa shape index (κ3) is 2.91. The highest BCUT2D eigenvalue weighted by Crippen LogP contribution is 2.28. The molecule has 66 valence electrons. The maximum atomic E-state index is 3.46. The van der Waals surface area contributed by atoms with Crippen molar-refractivity contribution in [2.45, 2.75) is 23.5 Å². The number of aryl methyl sites for hydroxylation is 1. The van der Waals surface area contributed by atoms with Crippen molar-refractivity contribution >= 4 is 31.9 Å². The van der Waals surface area contributed by atoms with Crippen LogP contribution < -0.4 is 0 Å². The number of alkyl halides is 2. The molecule has 0 aromatic heterocycles. The van der Waals surface area contributed by atoms with Crippen LogP contribution in [0.25, 0.3) is 0 Å². The van der Waals surface area contributed by atoms with E-state index in [0.29, 0.717) is 0 Å². The van der Waals surface area contributed by atoms with Gasteiger partial charge in [-0.2, -0.15) is 0 Å². The Bertz CT molecular complexity index is 226. The SMILES string of the molecule is CCCc1ccc(C(Br)Br)cc1. The van der Waals surface area contributed by atoms with Gasteiger partial charge >= 0.3 is 0 Å². The number of halogens is 2. The Labute approximate surface area is 90.6 Å². The number of hydrogen-bond acceptors (Lipinski definition) is 0. The van der Waals surface area contributed by atoms with Crippen LogP contribution in [0.3, 0.4) is 0 Å². The van der Waals surface area contributed by atoms with Gasteiger partial charge < -0.3 is 0 Å². The molecule has 0 spiro atoms. The molecule has 0 saturated heterocycles. The van der Waals surface area contributed by atoms with Crippen molar-refractivity contribution < 1.29 is 0 Å². The maximum absolute atomic E-state index is 3.46. The van der Waals surface area contributed by atoms with Crippen LogP contribution in [-0.4, -0.2) is 0 Å². The summed E-state index contributed by atoms with van der Waals surface area (Å²) < 4.78 is 0.278. The molecule has 1 rings (SSSR count). The van der Waals surface area contributed by atoms with Crippen LogP contribution in [0.2, 0.25) is 0 Å². The van der Waals surface area contributed by atoms with Gasteiger partial charge in [0, 0.05) is 0 Å². The predicted octanol–water partition coefficient (Wildman–Crippen LogP) is 4.43. The topological polar surface area (TPSA) is 0 Å². The molecule has 0 bridgehead atoms. The van der Waals surface area contributed by atoms with E-state index in [1.165, 1.54) is 24.0 Å². The van der Waals surface area contributed by atoms with Crippen LogP contribution in [0.4, 0.5) is 0 Å². The van der Waals surface area contributed by atoms with Crippen molar-refractivity contribution in [3.8, 4) is 0 Å². The van der Waals surface area contributed by atoms with Crippen molar-refractivity contribution in [3.63, 3.8) is 0 Å². The average molecular weight is 292 g/mol. The largest absolute Gasteiger partial charge is 0.0946 e. The molecule has 0 saturated carbocycles. The molecule has 2 heteroatoms. The van der Waals surface area contributed by atoms with E-state index < -0.39 is 0 Å². The third-order valence-electron chi connectivity index (χ3n) is 1.77. The zero-order chi connectivity index (χ0) is 8.97. The number of hydrogen-bond donors (Lipinski definition) is 0. The third-order valence-corrected chi connectivity index (χ3v) is 2.83. The molecule has 1 aromatic rings. The summed E-state index contributed by atoms with van der Waals surface area (Å²) in [5, 5.41) is 0. The molecule has 1 aromatic carbocycles. The monoisotopic (exact) mass is 290 g/mol. The first-order valence-electron chi connectivity index (χ1n) is 4.11. The summed E-state index contributed by atoms with van der Waals surface area (Å²) >= 11 is 6.93. The second kappa shape index (κ2) is 5.03. The predicted molar refractivity (Wildman–Crippen MR) is 61.0 cm³/mol. The Hall–Kier alpha value is 0.180. The first kappa shape index (κ1) is 10.3. The van der Waals surface area contributed by atoms with Crippen LogP contribution in [0.5, 0.6) is 0 Å². The zero-order valence-electron chi connectivity index (χ0n) is 7.06. The smallest absolute Gasteiger partial charge is 0.0712 e. The molecule has 0 nitrogen and oxygen atoms in total. The fourth-order valence-electron chi connectivity index (χ4n) is 1.12. The molecule has 0 aliphatic heterocycles. The van der Waals surface area contributed by atoms with Crippen LogP contribution in [0.15, 0.2) is 24.3 Å². The highest BCUT2D eigenvalue weighted by Gasteiger charge is 2.00. The molecule has 0 unspecified atom stereocenters. The first-order chi connectivity index (χ1) is 5.74. The van der Waals surface area contributed by atoms with Crippen LogP contribution >= 0.6 is 31.9 Å². The normalized spacial score (nSPS) is 10.7. The van der Waals surface area contributed by atoms with Gasteiger partial charge in [-0.15, -0.1) is 0 Å². The van der Waals surface area contributed by atoms with Gasteiger partial charge in [0.25, 0.3) is 0 Å². The van der Waals surface area contributed by atoms with Gasteiger partial charge in [-0.1, -0.05) is 69.5 Å². The summed E-state index contributed by atoms with van der Waals surface area (Å²) in [6, 6.07) is 8.68. The Balaban J connectivity index is 2.71. The standard InChI is InChI=1S/C10H12Br2/c1-2-3-8-4-6-9(7-5-8)10(11)12/h4-7,10H,2-3H2,1H3. The molecule has 0 heterocycles. The molecular formula is C10H12Br2. The summed E-state index contributed by atoms with van der Waals surface area (Å²) in [4.78, 5) is 0. The fraction of sp³-hybridized carbons (Fsp3) is 0.400. The zero-order valence-corrected chi connectivity index (χ0v) is 10.2. The van der Waals surface area contributed by atoms with Gasteiger partial charge in [0.05, 0.1) is 3.74 Å². The van der Waals surface area contributed by atoms with Gasteiger partial charge in [-0.05, 0) is 17.5 Å². The Morgan fingerprint density at radius 2 is 1.75 bits per heavy atom. The second-order valence-corrected chi connectivity index (χ2v) is 5.85. The molecule has 0 N–H and O–H groups in total. The molecule has 0 aliphatic rings. The van der Waals surface area contributed by atoms with Crippen molar-refractivity contribution in [1.29, 1.82) is 0 Å². The summed E-state index contributed by atoms with van der Waals surface area (Å²) in [5.41, 5.74) is 2.69. The second-order valence-electron chi connectivity index (χ2n) is 2.79. The van der Waals surface area contributed by atoms with Crippen molar-refractivity contribution in [1.82, 2.24) is 0 Å². The Kier molecular flexibility index (Phi) is 4.30. The Morgan fingerprint density at radius 1 is 1.17 bits per heavy atom. The van der Waals surface area contributed by atoms with Crippen molar-refractivity contribution in [2.75, 3.05) is 0 Å². The minimum Gasteiger partial charge on any atom is -0.0712 e. The van der Waals surface area contributed by atoms with E-state index in [2.05, 4.69) is 63.0 Å². The van der Waals surface area contributed by atoms with Crippen molar-refractivity contribution in [3.05, 3.63) is 35.4 Å². The fourth-order valence-corrected chi connectivity index (χ4v) is 1.73. The van der Waals surface area contributed by atoms with Gasteiger partial charge in [-0.3, -0.25) is 0 Å². The van der Waals surface area contributed by atoms with Gasteiger partial charge in [-0.25, -0.2) is 0 Å². The molecule has 0 atom stereocenters. The van der Waals surface area contributed by atoms with Crippen LogP contribution in [0.1, 0.15) is 28.2 Å². The lowest BCUT2D eigenvalue weighted by Crippen LogP contribution is -1.84. The minimum atomic E-state index is 0.278. The summed E-state index contributed by atoms with van der Waals surface area (Å²) in [6.45, 7) is 2.20. The van der Waals surface area contributed by atoms with Gasteiger partial charge in [0.2, 0.25) is 0 Å². The van der Waals surface area contributed by atoms with Crippen LogP contribution in [-0.2, 0) is 6.42 Å². The van der Waals surface area contributed by atoms with Gasteiger partial charge in [0.1, 0.15) is 0 Å². The molecular weight excluding hydrogens is 280 g/mol. The molecule has 0 radical (unpaired) electrons. The lowest BCUT2D eigenvalue weighted by Gasteiger charge is -2.03. The highest BCUT2D eigenvalue weighted by molar-refractivity contribution is 9.24. The molecule has 0 amide bonds. The summed E-state index contributed by atoms with van der Waals surface area (Å²) in [5.74, 6) is 0. The average Bonchev–Trinajstić information content (AvgIpc) is 2.06. The number of rotatable bonds is 3. The molecule has 12 heavy (non-hydrogen) atoms. The minimum absolute atomic E-state index is 0.278. The quantitative estimate of drug-likeness (QED) is 0.723. The van der Waals surface area contributed by atoms with E-state index in [1.54, 1.807) is 0 Å². The molecule has 0 aliphatic carbocycles. The lowest BCUT2D eigenvalue weighted by molar-refractivity contribution is 0.921. The van der Waals surface area contributed by atoms with Crippen molar-refractivity contribution in [2.24, 2.45) is 0 Å². The van der Waals surface area contributed by atoms with E-state index in [1.807, 2.05) is 0 Å². The maximum Gasteiger partial charge on any atom is 0.0946 e. The highest BCUT2D eigenvalue weighted by atomic mass is 79.9. The van der Waals surface area contributed by atoms with E-state index in [9.17, 15) is 0 Å². The summed E-state index contributed by atoms with van der Waals surface area (Å²) in [6.07, 6.45) is 2.39. The number of benzene rings is 1. The van der Waals surface area contributed by atoms with E-state index >= 15 is 0 Å². The first-order valence-corrected chi connectivity index (χ1v) is 5.94. The van der Waals surface area contributed by atoms with E-state index in [4.69, 9.17) is 0 Å². The lowest BCUT2D eigenvalue weighted by atomic mass is 10.1.